The zero-order valence-electron chi connectivity index (χ0n) is 15.2. The SMILES string of the molecule is CCCCCCCCCCC(=O)OC[C@@H](O)COP(=O)(O)OCCN. The number of nitrogens with two attached hydrogens (primary N) is 1. The van der Waals surface area contributed by atoms with Crippen LogP contribution in [0.3, 0.4) is 0 Å². The highest BCUT2D eigenvalue weighted by molar-refractivity contribution is 7.47. The van der Waals surface area contributed by atoms with Crippen LogP contribution in [0.4, 0.5) is 0 Å². The molecule has 0 spiro atoms. The molecule has 0 aromatic rings. The number of rotatable bonds is 17. The second kappa shape index (κ2) is 15.7. The van der Waals surface area contributed by atoms with Gasteiger partial charge in [0.25, 0.3) is 0 Å². The predicted molar refractivity (Wildman–Crippen MR) is 95.0 cm³/mol. The van der Waals surface area contributed by atoms with Gasteiger partial charge in [0.2, 0.25) is 0 Å². The topological polar surface area (TPSA) is 128 Å². The van der Waals surface area contributed by atoms with Crippen molar-refractivity contribution >= 4 is 13.8 Å². The van der Waals surface area contributed by atoms with Crippen LogP contribution in [0.15, 0.2) is 0 Å². The van der Waals surface area contributed by atoms with Crippen LogP contribution in [-0.4, -0.2) is 48.4 Å². The Bertz CT molecular complexity index is 381. The number of phosphoric ester groups is 1. The number of aliphatic hydroxyl groups is 1. The van der Waals surface area contributed by atoms with Gasteiger partial charge in [0.05, 0.1) is 13.2 Å². The lowest BCUT2D eigenvalue weighted by atomic mass is 10.1. The fraction of sp³-hybridized carbons (Fsp3) is 0.938. The molecular weight excluding hydrogens is 349 g/mol. The molecule has 0 heterocycles. The quantitative estimate of drug-likeness (QED) is 0.199. The molecule has 4 N–H and O–H groups in total. The fourth-order valence-electron chi connectivity index (χ4n) is 2.10. The lowest BCUT2D eigenvalue weighted by Crippen LogP contribution is -2.23. The minimum atomic E-state index is -4.23. The molecule has 25 heavy (non-hydrogen) atoms. The Kier molecular flexibility index (Phi) is 15.4. The van der Waals surface area contributed by atoms with Gasteiger partial charge in [-0.1, -0.05) is 51.9 Å². The van der Waals surface area contributed by atoms with Gasteiger partial charge in [-0.25, -0.2) is 4.57 Å². The van der Waals surface area contributed by atoms with Crippen LogP contribution in [0.2, 0.25) is 0 Å². The van der Waals surface area contributed by atoms with E-state index in [-0.39, 0.29) is 19.8 Å². The summed E-state index contributed by atoms with van der Waals surface area (Å²) >= 11 is 0. The zero-order chi connectivity index (χ0) is 19.0. The minimum absolute atomic E-state index is 0.0762. The molecular formula is C16H34NO7P. The zero-order valence-corrected chi connectivity index (χ0v) is 16.1. The van der Waals surface area contributed by atoms with Crippen molar-refractivity contribution in [3.63, 3.8) is 0 Å². The molecule has 0 radical (unpaired) electrons. The summed E-state index contributed by atoms with van der Waals surface area (Å²) in [6, 6.07) is 0. The number of hydrogen-bond acceptors (Lipinski definition) is 7. The van der Waals surface area contributed by atoms with Crippen molar-refractivity contribution in [2.75, 3.05) is 26.4 Å². The monoisotopic (exact) mass is 383 g/mol. The molecule has 0 aliphatic carbocycles. The summed E-state index contributed by atoms with van der Waals surface area (Å²) in [6.07, 6.45) is 8.20. The van der Waals surface area contributed by atoms with Crippen LogP contribution in [0.5, 0.6) is 0 Å². The molecule has 0 saturated carbocycles. The van der Waals surface area contributed by atoms with Crippen LogP contribution in [0, 0.1) is 0 Å². The van der Waals surface area contributed by atoms with Gasteiger partial charge in [0, 0.05) is 13.0 Å². The minimum Gasteiger partial charge on any atom is -0.463 e. The molecule has 2 atom stereocenters. The molecule has 0 aliphatic rings. The highest BCUT2D eigenvalue weighted by Gasteiger charge is 2.22. The Morgan fingerprint density at radius 2 is 1.64 bits per heavy atom. The number of unbranched alkanes of at least 4 members (excludes halogenated alkanes) is 7. The normalized spacial score (nSPS) is 14.9. The molecule has 0 amide bonds. The van der Waals surface area contributed by atoms with Gasteiger partial charge in [-0.2, -0.15) is 0 Å². The third kappa shape index (κ3) is 16.7. The molecule has 0 aromatic carbocycles. The van der Waals surface area contributed by atoms with Gasteiger partial charge < -0.3 is 20.5 Å². The average Bonchev–Trinajstić information content (AvgIpc) is 2.59. The maximum Gasteiger partial charge on any atom is 0.472 e. The molecule has 8 nitrogen and oxygen atoms in total. The summed E-state index contributed by atoms with van der Waals surface area (Å²) in [4.78, 5) is 20.8. The number of phosphoric acid groups is 1. The molecule has 0 aromatic heterocycles. The van der Waals surface area contributed by atoms with E-state index in [0.29, 0.717) is 6.42 Å². The summed E-state index contributed by atoms with van der Waals surface area (Å²) in [5, 5.41) is 9.58. The van der Waals surface area contributed by atoms with Crippen molar-refractivity contribution in [3.05, 3.63) is 0 Å². The summed E-state index contributed by atoms with van der Waals surface area (Å²) in [5.74, 6) is -0.392. The van der Waals surface area contributed by atoms with E-state index in [9.17, 15) is 19.4 Å². The molecule has 150 valence electrons. The highest BCUT2D eigenvalue weighted by Crippen LogP contribution is 2.42. The van der Waals surface area contributed by atoms with Crippen LogP contribution in [0.25, 0.3) is 0 Å². The molecule has 9 heteroatoms. The summed E-state index contributed by atoms with van der Waals surface area (Å²) < 4.78 is 25.3. The van der Waals surface area contributed by atoms with Gasteiger partial charge in [-0.05, 0) is 6.42 Å². The predicted octanol–water partition coefficient (Wildman–Crippen LogP) is 2.51. The first-order chi connectivity index (χ1) is 11.9. The van der Waals surface area contributed by atoms with Crippen molar-refractivity contribution < 1.29 is 33.1 Å². The van der Waals surface area contributed by atoms with Crippen LogP contribution < -0.4 is 5.73 Å². The van der Waals surface area contributed by atoms with E-state index in [1.807, 2.05) is 0 Å². The van der Waals surface area contributed by atoms with Gasteiger partial charge in [-0.3, -0.25) is 13.8 Å². The van der Waals surface area contributed by atoms with Crippen LogP contribution >= 0.6 is 7.82 Å². The first-order valence-electron chi connectivity index (χ1n) is 9.07. The van der Waals surface area contributed by atoms with Gasteiger partial charge >= 0.3 is 13.8 Å². The summed E-state index contributed by atoms with van der Waals surface area (Å²) in [5.41, 5.74) is 5.14. The largest absolute Gasteiger partial charge is 0.472 e. The number of carbonyl (C=O) groups excluding carboxylic acids is 1. The van der Waals surface area contributed by atoms with Crippen molar-refractivity contribution in [2.45, 2.75) is 70.8 Å². The Labute approximate surface area is 150 Å². The Morgan fingerprint density at radius 3 is 2.24 bits per heavy atom. The molecule has 0 fully saturated rings. The van der Waals surface area contributed by atoms with Gasteiger partial charge in [-0.15, -0.1) is 0 Å². The summed E-state index contributed by atoms with van der Waals surface area (Å²) in [6.45, 7) is 1.38. The average molecular weight is 383 g/mol. The van der Waals surface area contributed by atoms with E-state index in [1.165, 1.54) is 32.1 Å². The van der Waals surface area contributed by atoms with E-state index in [0.717, 1.165) is 19.3 Å². The third-order valence-corrected chi connectivity index (χ3v) is 4.46. The standard InChI is InChI=1S/C16H34NO7P/c1-2-3-4-5-6-7-8-9-10-16(19)22-13-15(18)14-24-25(20,21)23-12-11-17/h15,18H,2-14,17H2,1H3,(H,20,21)/t15-/m1/s1. The maximum atomic E-state index is 11.5. The number of hydrogen-bond donors (Lipinski definition) is 3. The number of ether oxygens (including phenoxy) is 1. The fourth-order valence-corrected chi connectivity index (χ4v) is 2.87. The van der Waals surface area contributed by atoms with Crippen molar-refractivity contribution in [2.24, 2.45) is 5.73 Å². The smallest absolute Gasteiger partial charge is 0.463 e. The summed E-state index contributed by atoms with van der Waals surface area (Å²) in [7, 11) is -4.23. The van der Waals surface area contributed by atoms with Crippen molar-refractivity contribution in [1.82, 2.24) is 0 Å². The number of esters is 1. The van der Waals surface area contributed by atoms with E-state index in [2.05, 4.69) is 16.0 Å². The Morgan fingerprint density at radius 1 is 1.04 bits per heavy atom. The lowest BCUT2D eigenvalue weighted by Gasteiger charge is -2.15. The van der Waals surface area contributed by atoms with Crippen LogP contribution in [-0.2, 0) is 23.1 Å². The van der Waals surface area contributed by atoms with Gasteiger partial charge in [0.15, 0.2) is 0 Å². The van der Waals surface area contributed by atoms with E-state index >= 15 is 0 Å². The van der Waals surface area contributed by atoms with Crippen molar-refractivity contribution in [1.29, 1.82) is 0 Å². The molecule has 0 rings (SSSR count). The Balaban J connectivity index is 3.59. The highest BCUT2D eigenvalue weighted by atomic mass is 31.2. The number of carbonyl (C=O) groups is 1. The van der Waals surface area contributed by atoms with E-state index < -0.39 is 26.5 Å². The maximum absolute atomic E-state index is 11.5. The molecule has 0 bridgehead atoms. The van der Waals surface area contributed by atoms with E-state index in [4.69, 9.17) is 10.5 Å². The molecule has 1 unspecified atom stereocenters. The second-order valence-corrected chi connectivity index (χ2v) is 7.40. The number of aliphatic hydroxyl groups excluding tert-OH is 1. The molecule has 0 saturated heterocycles. The van der Waals surface area contributed by atoms with Crippen molar-refractivity contribution in [3.8, 4) is 0 Å². The van der Waals surface area contributed by atoms with E-state index in [1.54, 1.807) is 0 Å². The van der Waals surface area contributed by atoms with Gasteiger partial charge in [0.1, 0.15) is 12.7 Å². The first kappa shape index (κ1) is 24.5. The first-order valence-corrected chi connectivity index (χ1v) is 10.6. The lowest BCUT2D eigenvalue weighted by molar-refractivity contribution is -0.147. The molecule has 0 aliphatic heterocycles. The Hall–Kier alpha value is -0.500. The third-order valence-electron chi connectivity index (χ3n) is 3.47. The van der Waals surface area contributed by atoms with Crippen LogP contribution in [0.1, 0.15) is 64.7 Å². The second-order valence-electron chi connectivity index (χ2n) is 5.95.